The minimum Gasteiger partial charge on any atom is -0.501 e. The summed E-state index contributed by atoms with van der Waals surface area (Å²) in [5, 5.41) is 0. The zero-order valence-electron chi connectivity index (χ0n) is 12.8. The molecule has 0 aliphatic heterocycles. The molecule has 116 valence electrons. The van der Waals surface area contributed by atoms with Gasteiger partial charge in [-0.1, -0.05) is 0 Å². The summed E-state index contributed by atoms with van der Waals surface area (Å²) in [6.07, 6.45) is 1.98. The van der Waals surface area contributed by atoms with Gasteiger partial charge in [0.25, 0.3) is 0 Å². The smallest absolute Gasteiger partial charge is 0.336 e. The van der Waals surface area contributed by atoms with Crippen molar-refractivity contribution < 1.29 is 28.6 Å². The molecule has 0 heterocycles. The van der Waals surface area contributed by atoms with Crippen molar-refractivity contribution in [3.63, 3.8) is 0 Å². The number of esters is 2. The van der Waals surface area contributed by atoms with Crippen LogP contribution in [0.25, 0.3) is 0 Å². The van der Waals surface area contributed by atoms with E-state index in [9.17, 15) is 14.4 Å². The van der Waals surface area contributed by atoms with Gasteiger partial charge in [-0.25, -0.2) is 4.79 Å². The molecule has 6 nitrogen and oxygen atoms in total. The third-order valence-electron chi connectivity index (χ3n) is 1.89. The Morgan fingerprint density at radius 1 is 1.05 bits per heavy atom. The Kier molecular flexibility index (Phi) is 13.9. The van der Waals surface area contributed by atoms with Crippen molar-refractivity contribution in [3.05, 3.63) is 11.8 Å². The van der Waals surface area contributed by atoms with E-state index in [0.29, 0.717) is 31.7 Å². The van der Waals surface area contributed by atoms with Crippen molar-refractivity contribution in [2.45, 2.75) is 34.6 Å². The Balaban J connectivity index is 0. The largest absolute Gasteiger partial charge is 0.501 e. The Morgan fingerprint density at radius 3 is 2.00 bits per heavy atom. The zero-order chi connectivity index (χ0) is 16.0. The Labute approximate surface area is 120 Å². The second kappa shape index (κ2) is 13.6. The highest BCUT2D eigenvalue weighted by molar-refractivity contribution is 5.87. The van der Waals surface area contributed by atoms with Gasteiger partial charge in [0.05, 0.1) is 31.7 Å². The van der Waals surface area contributed by atoms with Crippen molar-refractivity contribution in [2.75, 3.05) is 19.8 Å². The highest BCUT2D eigenvalue weighted by atomic mass is 16.5. The summed E-state index contributed by atoms with van der Waals surface area (Å²) < 4.78 is 14.1. The van der Waals surface area contributed by atoms with Crippen LogP contribution in [0.3, 0.4) is 0 Å². The molecule has 0 aliphatic rings. The van der Waals surface area contributed by atoms with Gasteiger partial charge in [-0.2, -0.15) is 0 Å². The number of hydrogen-bond donors (Lipinski definition) is 0. The molecule has 1 atom stereocenters. The summed E-state index contributed by atoms with van der Waals surface area (Å²) in [4.78, 5) is 31.3. The van der Waals surface area contributed by atoms with Crippen LogP contribution in [0.2, 0.25) is 0 Å². The lowest BCUT2D eigenvalue weighted by Gasteiger charge is -2.01. The second-order valence-corrected chi connectivity index (χ2v) is 3.65. The van der Waals surface area contributed by atoms with Crippen LogP contribution in [0.1, 0.15) is 34.6 Å². The van der Waals surface area contributed by atoms with E-state index in [4.69, 9.17) is 9.47 Å². The minimum absolute atomic E-state index is 0.319. The first-order valence-electron chi connectivity index (χ1n) is 6.51. The first-order valence-corrected chi connectivity index (χ1v) is 6.51. The Hall–Kier alpha value is -1.85. The second-order valence-electron chi connectivity index (χ2n) is 3.65. The number of hydrogen-bond acceptors (Lipinski definition) is 6. The van der Waals surface area contributed by atoms with Crippen LogP contribution in [-0.4, -0.2) is 38.0 Å². The van der Waals surface area contributed by atoms with Crippen molar-refractivity contribution in [3.8, 4) is 0 Å². The molecule has 0 N–H and O–H groups in total. The van der Waals surface area contributed by atoms with Gasteiger partial charge in [-0.15, -0.1) is 0 Å². The first-order chi connectivity index (χ1) is 9.44. The molecule has 0 aromatic carbocycles. The minimum atomic E-state index is -0.620. The van der Waals surface area contributed by atoms with Crippen molar-refractivity contribution >= 4 is 18.2 Å². The number of carbonyl (C=O) groups is 3. The maximum atomic E-state index is 10.9. The van der Waals surface area contributed by atoms with Crippen LogP contribution in [0.5, 0.6) is 0 Å². The molecular weight excluding hydrogens is 264 g/mol. The lowest BCUT2D eigenvalue weighted by Crippen LogP contribution is -2.15. The third-order valence-corrected chi connectivity index (χ3v) is 1.89. The number of aldehydes is 1. The Bertz CT molecular complexity index is 322. The van der Waals surface area contributed by atoms with Crippen molar-refractivity contribution in [2.24, 2.45) is 5.92 Å². The van der Waals surface area contributed by atoms with Crippen LogP contribution in [0.15, 0.2) is 11.8 Å². The topological polar surface area (TPSA) is 78.9 Å². The number of carbonyl (C=O) groups excluding carboxylic acids is 3. The number of ether oxygens (including phenoxy) is 3. The SMILES string of the molecule is CCO/C=C(/C)C(=O)OCC.CCOC(=O)C(C)C=O. The maximum Gasteiger partial charge on any atom is 0.336 e. The van der Waals surface area contributed by atoms with E-state index in [1.807, 2.05) is 6.92 Å². The Morgan fingerprint density at radius 2 is 1.60 bits per heavy atom. The standard InChI is InChI=1S/C8H14O3.C6H10O3/c1-4-10-6-7(3)8(9)11-5-2;1-3-9-6(8)5(2)4-7/h6H,4-5H2,1-3H3;4-5H,3H2,1-2H3/b7-6-;. The van der Waals surface area contributed by atoms with Gasteiger partial charge in [-0.3, -0.25) is 4.79 Å². The molecule has 0 spiro atoms. The van der Waals surface area contributed by atoms with E-state index in [1.165, 1.54) is 13.2 Å². The average Bonchev–Trinajstić information content (AvgIpc) is 2.44. The van der Waals surface area contributed by atoms with Gasteiger partial charge in [0.2, 0.25) is 0 Å². The van der Waals surface area contributed by atoms with E-state index in [-0.39, 0.29) is 5.97 Å². The van der Waals surface area contributed by atoms with Gasteiger partial charge in [0.1, 0.15) is 12.2 Å². The highest BCUT2D eigenvalue weighted by Crippen LogP contribution is 1.96. The summed E-state index contributed by atoms with van der Waals surface area (Å²) in [6, 6.07) is 0. The van der Waals surface area contributed by atoms with Gasteiger partial charge in [0, 0.05) is 0 Å². The predicted octanol–water partition coefficient (Wildman–Crippen LogP) is 1.87. The molecule has 0 saturated carbocycles. The molecule has 20 heavy (non-hydrogen) atoms. The fourth-order valence-electron chi connectivity index (χ4n) is 0.831. The van der Waals surface area contributed by atoms with Crippen molar-refractivity contribution in [1.29, 1.82) is 0 Å². The summed E-state index contributed by atoms with van der Waals surface area (Å²) >= 11 is 0. The maximum absolute atomic E-state index is 10.9. The van der Waals surface area contributed by atoms with Crippen LogP contribution in [-0.2, 0) is 28.6 Å². The summed E-state index contributed by atoms with van der Waals surface area (Å²) in [7, 11) is 0. The normalized spacial score (nSPS) is 11.6. The molecule has 0 saturated heterocycles. The molecule has 0 fully saturated rings. The van der Waals surface area contributed by atoms with Gasteiger partial charge >= 0.3 is 11.9 Å². The highest BCUT2D eigenvalue weighted by Gasteiger charge is 2.10. The van der Waals surface area contributed by atoms with Crippen LogP contribution >= 0.6 is 0 Å². The van der Waals surface area contributed by atoms with Crippen LogP contribution in [0.4, 0.5) is 0 Å². The predicted molar refractivity (Wildman–Crippen MR) is 73.9 cm³/mol. The molecule has 0 aromatic heterocycles. The molecular formula is C14H24O6. The lowest BCUT2D eigenvalue weighted by molar-refractivity contribution is -0.148. The molecule has 0 amide bonds. The van der Waals surface area contributed by atoms with E-state index in [2.05, 4.69) is 4.74 Å². The molecule has 6 heteroatoms. The molecule has 0 aromatic rings. The van der Waals surface area contributed by atoms with Gasteiger partial charge < -0.3 is 19.0 Å². The molecule has 1 unspecified atom stereocenters. The van der Waals surface area contributed by atoms with Gasteiger partial charge in [0.15, 0.2) is 0 Å². The van der Waals surface area contributed by atoms with E-state index < -0.39 is 11.9 Å². The fraction of sp³-hybridized carbons (Fsp3) is 0.643. The lowest BCUT2D eigenvalue weighted by atomic mass is 10.2. The number of rotatable bonds is 7. The summed E-state index contributed by atoms with van der Waals surface area (Å²) in [5.74, 6) is -1.39. The third kappa shape index (κ3) is 11.3. The summed E-state index contributed by atoms with van der Waals surface area (Å²) in [6.45, 7) is 9.79. The monoisotopic (exact) mass is 288 g/mol. The fourth-order valence-corrected chi connectivity index (χ4v) is 0.831. The van der Waals surface area contributed by atoms with Crippen LogP contribution < -0.4 is 0 Å². The van der Waals surface area contributed by atoms with Crippen LogP contribution in [0, 0.1) is 5.92 Å². The van der Waals surface area contributed by atoms with E-state index in [0.717, 1.165) is 0 Å². The molecule has 0 bridgehead atoms. The molecule has 0 aliphatic carbocycles. The van der Waals surface area contributed by atoms with E-state index in [1.54, 1.807) is 20.8 Å². The quantitative estimate of drug-likeness (QED) is 0.234. The van der Waals surface area contributed by atoms with Crippen molar-refractivity contribution in [1.82, 2.24) is 0 Å². The molecule has 0 radical (unpaired) electrons. The zero-order valence-corrected chi connectivity index (χ0v) is 12.8. The van der Waals surface area contributed by atoms with Gasteiger partial charge in [-0.05, 0) is 34.6 Å². The average molecular weight is 288 g/mol. The first kappa shape index (κ1) is 20.5. The molecule has 0 rings (SSSR count). The summed E-state index contributed by atoms with van der Waals surface area (Å²) in [5.41, 5.74) is 0.494. The van der Waals surface area contributed by atoms with E-state index >= 15 is 0 Å².